The van der Waals surface area contributed by atoms with Crippen molar-refractivity contribution in [2.24, 2.45) is 5.92 Å². The number of amides is 1. The fourth-order valence-electron chi connectivity index (χ4n) is 4.29. The van der Waals surface area contributed by atoms with Gasteiger partial charge in [0.2, 0.25) is 5.91 Å². The molecule has 2 aromatic rings. The molecule has 0 aliphatic carbocycles. The van der Waals surface area contributed by atoms with Gasteiger partial charge in [-0.1, -0.05) is 13.8 Å². The first-order valence-corrected chi connectivity index (χ1v) is 10.3. The van der Waals surface area contributed by atoms with Crippen LogP contribution in [0, 0.1) is 5.92 Å². The normalized spacial score (nSPS) is 25.4. The van der Waals surface area contributed by atoms with E-state index in [4.69, 9.17) is 0 Å². The highest BCUT2D eigenvalue weighted by atomic mass is 16.2. The Bertz CT molecular complexity index is 789. The summed E-state index contributed by atoms with van der Waals surface area (Å²) in [6.07, 6.45) is 10.5. The molecule has 1 amide bonds. The highest BCUT2D eigenvalue weighted by Crippen LogP contribution is 2.27. The Morgan fingerprint density at radius 2 is 2.07 bits per heavy atom. The fourth-order valence-corrected chi connectivity index (χ4v) is 4.29. The maximum absolute atomic E-state index is 13.0. The van der Waals surface area contributed by atoms with E-state index in [1.165, 1.54) is 5.56 Å². The Hall–Kier alpha value is -2.25. The van der Waals surface area contributed by atoms with E-state index in [-0.39, 0.29) is 17.9 Å². The number of carbonyl (C=O) groups excluding carboxylic acids is 1. The molecule has 2 saturated heterocycles. The lowest BCUT2D eigenvalue weighted by atomic mass is 9.95. The van der Waals surface area contributed by atoms with E-state index >= 15 is 0 Å². The molecule has 2 aliphatic rings. The molecular formula is C21H30N6O. The molecule has 4 rings (SSSR count). The van der Waals surface area contributed by atoms with Crippen LogP contribution in [0.5, 0.6) is 0 Å². The quantitative estimate of drug-likeness (QED) is 0.826. The highest BCUT2D eigenvalue weighted by Gasteiger charge is 2.36. The molecule has 150 valence electrons. The van der Waals surface area contributed by atoms with Crippen molar-refractivity contribution >= 4 is 5.91 Å². The molecule has 0 radical (unpaired) electrons. The molecule has 3 atom stereocenters. The second-order valence-electron chi connectivity index (χ2n) is 8.32. The van der Waals surface area contributed by atoms with Gasteiger partial charge in [0, 0.05) is 56.4 Å². The molecule has 3 unspecified atom stereocenters. The van der Waals surface area contributed by atoms with Gasteiger partial charge in [0.25, 0.3) is 0 Å². The third-order valence-corrected chi connectivity index (χ3v) is 5.98. The summed E-state index contributed by atoms with van der Waals surface area (Å²) < 4.78 is 2.21. The Kier molecular flexibility index (Phi) is 5.73. The van der Waals surface area contributed by atoms with Crippen LogP contribution in [-0.4, -0.2) is 50.5 Å². The Morgan fingerprint density at radius 3 is 2.82 bits per heavy atom. The second kappa shape index (κ2) is 8.41. The van der Waals surface area contributed by atoms with Crippen LogP contribution in [0.15, 0.2) is 36.9 Å². The van der Waals surface area contributed by atoms with E-state index in [1.54, 1.807) is 0 Å². The zero-order valence-electron chi connectivity index (χ0n) is 16.7. The highest BCUT2D eigenvalue weighted by molar-refractivity contribution is 5.82. The maximum Gasteiger partial charge on any atom is 0.241 e. The molecule has 0 spiro atoms. The first-order valence-electron chi connectivity index (χ1n) is 10.3. The molecule has 7 heteroatoms. The first kappa shape index (κ1) is 19.1. The summed E-state index contributed by atoms with van der Waals surface area (Å²) in [4.78, 5) is 23.8. The number of hydrogen-bond donors (Lipinski definition) is 2. The van der Waals surface area contributed by atoms with Crippen LogP contribution < -0.4 is 10.9 Å². The molecule has 2 fully saturated rings. The molecule has 2 aromatic heterocycles. The predicted molar refractivity (Wildman–Crippen MR) is 107 cm³/mol. The lowest BCUT2D eigenvalue weighted by molar-refractivity contribution is -0.134. The van der Waals surface area contributed by atoms with Gasteiger partial charge in [0.15, 0.2) is 0 Å². The number of carbonyl (C=O) groups is 1. The molecule has 2 N–H and O–H groups in total. The van der Waals surface area contributed by atoms with Gasteiger partial charge in [-0.25, -0.2) is 10.4 Å². The number of rotatable bonds is 5. The lowest BCUT2D eigenvalue weighted by Gasteiger charge is -2.34. The van der Waals surface area contributed by atoms with E-state index in [1.807, 2.05) is 41.8 Å². The molecule has 28 heavy (non-hydrogen) atoms. The van der Waals surface area contributed by atoms with Gasteiger partial charge in [-0.2, -0.15) is 0 Å². The van der Waals surface area contributed by atoms with Crippen molar-refractivity contribution in [2.75, 3.05) is 13.1 Å². The van der Waals surface area contributed by atoms with Crippen molar-refractivity contribution in [1.29, 1.82) is 0 Å². The van der Waals surface area contributed by atoms with Crippen LogP contribution in [0.3, 0.4) is 0 Å². The van der Waals surface area contributed by atoms with Crippen molar-refractivity contribution in [3.8, 4) is 0 Å². The third kappa shape index (κ3) is 4.10. The summed E-state index contributed by atoms with van der Waals surface area (Å²) >= 11 is 0. The Morgan fingerprint density at radius 1 is 1.25 bits per heavy atom. The zero-order valence-corrected chi connectivity index (χ0v) is 16.7. The summed E-state index contributed by atoms with van der Waals surface area (Å²) in [5, 5.41) is 0. The van der Waals surface area contributed by atoms with Crippen LogP contribution in [0.25, 0.3) is 0 Å². The average molecular weight is 383 g/mol. The second-order valence-corrected chi connectivity index (χ2v) is 8.32. The number of nitrogens with zero attached hydrogens (tertiary/aromatic N) is 4. The molecule has 0 saturated carbocycles. The summed E-state index contributed by atoms with van der Waals surface area (Å²) in [7, 11) is 0. The minimum atomic E-state index is -0.122. The number of hydrazine groups is 1. The number of hydrogen-bond acceptors (Lipinski definition) is 5. The van der Waals surface area contributed by atoms with E-state index in [2.05, 4.69) is 39.2 Å². The summed E-state index contributed by atoms with van der Waals surface area (Å²) in [5.74, 6) is 2.09. The number of nitrogens with one attached hydrogen (secondary N) is 2. The average Bonchev–Trinajstić information content (AvgIpc) is 3.38. The van der Waals surface area contributed by atoms with Gasteiger partial charge in [0.05, 0.1) is 0 Å². The number of piperidine rings is 1. The summed E-state index contributed by atoms with van der Waals surface area (Å²) in [6.45, 7) is 6.74. The fraction of sp³-hybridized carbons (Fsp3) is 0.571. The molecule has 2 aliphatic heterocycles. The van der Waals surface area contributed by atoms with Gasteiger partial charge >= 0.3 is 0 Å². The summed E-state index contributed by atoms with van der Waals surface area (Å²) in [6, 6.07) is 4.30. The number of pyridine rings is 1. The number of likely N-dealkylation sites (tertiary alicyclic amines) is 1. The molecule has 0 bridgehead atoms. The van der Waals surface area contributed by atoms with Gasteiger partial charge < -0.3 is 9.47 Å². The predicted octanol–water partition coefficient (Wildman–Crippen LogP) is 1.92. The van der Waals surface area contributed by atoms with E-state index < -0.39 is 0 Å². The van der Waals surface area contributed by atoms with Gasteiger partial charge in [-0.05, 0) is 42.9 Å². The first-order chi connectivity index (χ1) is 13.6. The topological polar surface area (TPSA) is 75.1 Å². The molecule has 7 nitrogen and oxygen atoms in total. The number of imidazole rings is 1. The van der Waals surface area contributed by atoms with E-state index in [9.17, 15) is 4.79 Å². The van der Waals surface area contributed by atoms with Crippen LogP contribution in [0.1, 0.15) is 50.4 Å². The van der Waals surface area contributed by atoms with Crippen LogP contribution in [0.4, 0.5) is 0 Å². The molecule has 4 heterocycles. The third-order valence-electron chi connectivity index (χ3n) is 5.98. The van der Waals surface area contributed by atoms with Crippen LogP contribution in [0.2, 0.25) is 0 Å². The molecular weight excluding hydrogens is 352 g/mol. The smallest absolute Gasteiger partial charge is 0.241 e. The van der Waals surface area contributed by atoms with Crippen molar-refractivity contribution in [3.05, 3.63) is 48.3 Å². The van der Waals surface area contributed by atoms with Gasteiger partial charge in [0.1, 0.15) is 11.9 Å². The minimum Gasteiger partial charge on any atom is -0.341 e. The molecule has 0 aromatic carbocycles. The van der Waals surface area contributed by atoms with Crippen LogP contribution in [-0.2, 0) is 11.3 Å². The van der Waals surface area contributed by atoms with Crippen molar-refractivity contribution in [1.82, 2.24) is 30.3 Å². The van der Waals surface area contributed by atoms with Crippen LogP contribution >= 0.6 is 0 Å². The van der Waals surface area contributed by atoms with E-state index in [0.717, 1.165) is 44.7 Å². The maximum atomic E-state index is 13.0. The van der Waals surface area contributed by atoms with Crippen molar-refractivity contribution in [2.45, 2.75) is 57.7 Å². The lowest BCUT2D eigenvalue weighted by Crippen LogP contribution is -2.49. The Labute approximate surface area is 166 Å². The summed E-state index contributed by atoms with van der Waals surface area (Å²) in [5.41, 5.74) is 7.70. The van der Waals surface area contributed by atoms with Gasteiger partial charge in [-0.3, -0.25) is 15.2 Å². The van der Waals surface area contributed by atoms with Crippen molar-refractivity contribution < 1.29 is 4.79 Å². The van der Waals surface area contributed by atoms with E-state index in [0.29, 0.717) is 12.0 Å². The number of aromatic nitrogens is 3. The standard InChI is InChI=1S/C21H30N6O/c1-15(2)18-12-19(25-24-18)21(28)27-10-3-4-17(14-27)20-23-9-11-26(20)13-16-5-7-22-8-6-16/h5-9,11,15,17-19,24-25H,3-4,10,12-14H2,1-2H3. The van der Waals surface area contributed by atoms with Crippen molar-refractivity contribution in [3.63, 3.8) is 0 Å². The SMILES string of the molecule is CC(C)C1CC(C(=O)N2CCCC(c3nccn3Cc3ccncc3)C2)NN1. The Balaban J connectivity index is 1.42. The monoisotopic (exact) mass is 382 g/mol. The largest absolute Gasteiger partial charge is 0.341 e. The zero-order chi connectivity index (χ0) is 19.5. The minimum absolute atomic E-state index is 0.122. The van der Waals surface area contributed by atoms with Gasteiger partial charge in [-0.15, -0.1) is 0 Å².